The van der Waals surface area contributed by atoms with Crippen molar-refractivity contribution in [1.29, 1.82) is 0 Å². The Balaban J connectivity index is 1.62. The van der Waals surface area contributed by atoms with E-state index in [1.165, 1.54) is 0 Å². The highest BCUT2D eigenvalue weighted by atomic mass is 16.5. The topological polar surface area (TPSA) is 116 Å². The van der Waals surface area contributed by atoms with E-state index in [1.54, 1.807) is 56.7 Å². The summed E-state index contributed by atoms with van der Waals surface area (Å²) in [6.07, 6.45) is 1.19. The minimum atomic E-state index is -0.260. The molecule has 0 aliphatic rings. The second kappa shape index (κ2) is 11.1. The molecule has 1 atom stereocenters. The summed E-state index contributed by atoms with van der Waals surface area (Å²) in [6, 6.07) is 12.3. The van der Waals surface area contributed by atoms with Crippen molar-refractivity contribution < 1.29 is 23.6 Å². The van der Waals surface area contributed by atoms with Gasteiger partial charge >= 0.3 is 0 Å². The molecule has 3 aromatic rings. The van der Waals surface area contributed by atoms with Gasteiger partial charge in [0, 0.05) is 24.4 Å². The van der Waals surface area contributed by atoms with Gasteiger partial charge in [-0.3, -0.25) is 9.59 Å². The van der Waals surface area contributed by atoms with Crippen LogP contribution in [0.4, 0.5) is 5.69 Å². The zero-order chi connectivity index (χ0) is 23.8. The molecule has 0 spiro atoms. The van der Waals surface area contributed by atoms with Gasteiger partial charge < -0.3 is 24.6 Å². The van der Waals surface area contributed by atoms with E-state index in [-0.39, 0.29) is 30.7 Å². The number of para-hydroxylation sites is 1. The number of carbonyl (C=O) groups excluding carboxylic acids is 2. The summed E-state index contributed by atoms with van der Waals surface area (Å²) in [5.74, 6) is 1.38. The number of ether oxygens (including phenoxy) is 2. The molecule has 0 fully saturated rings. The van der Waals surface area contributed by atoms with Crippen LogP contribution in [-0.2, 0) is 11.2 Å². The van der Waals surface area contributed by atoms with E-state index >= 15 is 0 Å². The first-order chi connectivity index (χ1) is 15.9. The zero-order valence-corrected chi connectivity index (χ0v) is 19.2. The van der Waals surface area contributed by atoms with Crippen molar-refractivity contribution in [3.05, 3.63) is 53.9 Å². The minimum Gasteiger partial charge on any atom is -0.493 e. The van der Waals surface area contributed by atoms with Gasteiger partial charge in [0.2, 0.25) is 17.6 Å². The van der Waals surface area contributed by atoms with Gasteiger partial charge in [0.05, 0.1) is 25.5 Å². The molecule has 0 aliphatic heterocycles. The van der Waals surface area contributed by atoms with Gasteiger partial charge in [-0.25, -0.2) is 0 Å². The molecule has 0 radical (unpaired) electrons. The predicted molar refractivity (Wildman–Crippen MR) is 123 cm³/mol. The third-order valence-electron chi connectivity index (χ3n) is 5.11. The normalized spacial score (nSPS) is 11.5. The number of aryl methyl sites for hydroxylation is 1. The van der Waals surface area contributed by atoms with Gasteiger partial charge in [0.25, 0.3) is 5.91 Å². The Morgan fingerprint density at radius 1 is 1.09 bits per heavy atom. The third-order valence-corrected chi connectivity index (χ3v) is 5.11. The number of nitrogens with one attached hydrogen (secondary N) is 2. The van der Waals surface area contributed by atoms with E-state index < -0.39 is 0 Å². The summed E-state index contributed by atoms with van der Waals surface area (Å²) in [5, 5.41) is 9.69. The van der Waals surface area contributed by atoms with E-state index in [0.29, 0.717) is 40.0 Å². The smallest absolute Gasteiger partial charge is 0.253 e. The summed E-state index contributed by atoms with van der Waals surface area (Å²) >= 11 is 0. The van der Waals surface area contributed by atoms with Crippen molar-refractivity contribution >= 4 is 17.5 Å². The third kappa shape index (κ3) is 6.09. The average molecular weight is 453 g/mol. The second-order valence-electron chi connectivity index (χ2n) is 7.46. The Bertz CT molecular complexity index is 1110. The maximum Gasteiger partial charge on any atom is 0.253 e. The maximum atomic E-state index is 12.5. The standard InChI is InChI=1S/C24H28N4O5/c1-5-15(2)25-24(30)17-8-6-7-9-18(17)26-21(29)12-13-22-27-23(28-33-22)16-10-11-19(31-3)20(14-16)32-4/h6-11,14-15H,5,12-13H2,1-4H3,(H,25,30)(H,26,29)/t15-/m0/s1. The average Bonchev–Trinajstić information content (AvgIpc) is 3.31. The molecule has 0 unspecified atom stereocenters. The van der Waals surface area contributed by atoms with E-state index in [0.717, 1.165) is 6.42 Å². The first-order valence-corrected chi connectivity index (χ1v) is 10.7. The summed E-state index contributed by atoms with van der Waals surface area (Å²) in [6.45, 7) is 3.92. The van der Waals surface area contributed by atoms with Gasteiger partial charge in [-0.1, -0.05) is 24.2 Å². The first-order valence-electron chi connectivity index (χ1n) is 10.7. The van der Waals surface area contributed by atoms with Crippen LogP contribution in [0.3, 0.4) is 0 Å². The summed E-state index contributed by atoms with van der Waals surface area (Å²) in [7, 11) is 3.11. The Kier molecular flexibility index (Phi) is 8.01. The predicted octanol–water partition coefficient (Wildman–Crippen LogP) is 3.85. The van der Waals surface area contributed by atoms with Crippen molar-refractivity contribution in [2.24, 2.45) is 0 Å². The lowest BCUT2D eigenvalue weighted by Crippen LogP contribution is -2.32. The molecule has 2 amide bonds. The highest BCUT2D eigenvalue weighted by Crippen LogP contribution is 2.31. The molecule has 0 aliphatic carbocycles. The number of carbonyl (C=O) groups is 2. The number of aromatic nitrogens is 2. The van der Waals surface area contributed by atoms with Crippen molar-refractivity contribution in [2.75, 3.05) is 19.5 Å². The quantitative estimate of drug-likeness (QED) is 0.480. The molecule has 2 aromatic carbocycles. The number of rotatable bonds is 10. The second-order valence-corrected chi connectivity index (χ2v) is 7.46. The number of anilines is 1. The summed E-state index contributed by atoms with van der Waals surface area (Å²) in [4.78, 5) is 29.4. The van der Waals surface area contributed by atoms with Crippen molar-refractivity contribution in [2.45, 2.75) is 39.2 Å². The van der Waals surface area contributed by atoms with E-state index in [1.807, 2.05) is 13.8 Å². The van der Waals surface area contributed by atoms with Crippen LogP contribution in [0.2, 0.25) is 0 Å². The molecule has 0 saturated carbocycles. The van der Waals surface area contributed by atoms with Crippen LogP contribution in [0, 0.1) is 0 Å². The van der Waals surface area contributed by atoms with Crippen molar-refractivity contribution in [3.8, 4) is 22.9 Å². The Labute approximate surface area is 192 Å². The highest BCUT2D eigenvalue weighted by molar-refractivity contribution is 6.03. The fourth-order valence-corrected chi connectivity index (χ4v) is 3.08. The van der Waals surface area contributed by atoms with Crippen LogP contribution in [0.15, 0.2) is 47.0 Å². The number of hydrogen-bond acceptors (Lipinski definition) is 7. The molecule has 2 N–H and O–H groups in total. The van der Waals surface area contributed by atoms with Crippen molar-refractivity contribution in [3.63, 3.8) is 0 Å². The molecule has 33 heavy (non-hydrogen) atoms. The molecule has 3 rings (SSSR count). The molecule has 0 saturated heterocycles. The molecule has 9 heteroatoms. The summed E-state index contributed by atoms with van der Waals surface area (Å²) < 4.78 is 15.8. The molecule has 1 heterocycles. The molecular weight excluding hydrogens is 424 g/mol. The van der Waals surface area contributed by atoms with Crippen LogP contribution >= 0.6 is 0 Å². The minimum absolute atomic E-state index is 0.0404. The Morgan fingerprint density at radius 2 is 1.85 bits per heavy atom. The largest absolute Gasteiger partial charge is 0.493 e. The SMILES string of the molecule is CC[C@H](C)NC(=O)c1ccccc1NC(=O)CCc1nc(-c2ccc(OC)c(OC)c2)no1. The zero-order valence-electron chi connectivity index (χ0n) is 19.2. The van der Waals surface area contributed by atoms with E-state index in [2.05, 4.69) is 20.8 Å². The molecule has 1 aromatic heterocycles. The van der Waals surface area contributed by atoms with Crippen molar-refractivity contribution in [1.82, 2.24) is 15.5 Å². The molecule has 9 nitrogen and oxygen atoms in total. The van der Waals surface area contributed by atoms with Crippen LogP contribution in [0.25, 0.3) is 11.4 Å². The summed E-state index contributed by atoms with van der Waals surface area (Å²) in [5.41, 5.74) is 1.58. The first kappa shape index (κ1) is 23.8. The maximum absolute atomic E-state index is 12.5. The van der Waals surface area contributed by atoms with Crippen LogP contribution in [0.5, 0.6) is 11.5 Å². The van der Waals surface area contributed by atoms with Gasteiger partial charge in [-0.15, -0.1) is 0 Å². The number of nitrogens with zero attached hydrogens (tertiary/aromatic N) is 2. The lowest BCUT2D eigenvalue weighted by atomic mass is 10.1. The Hall–Kier alpha value is -3.88. The number of benzene rings is 2. The van der Waals surface area contributed by atoms with Crippen LogP contribution in [-0.4, -0.2) is 42.2 Å². The fourth-order valence-electron chi connectivity index (χ4n) is 3.08. The molecule has 174 valence electrons. The van der Waals surface area contributed by atoms with Gasteiger partial charge in [0.1, 0.15) is 0 Å². The monoisotopic (exact) mass is 452 g/mol. The lowest BCUT2D eigenvalue weighted by Gasteiger charge is -2.14. The number of hydrogen-bond donors (Lipinski definition) is 2. The molecular formula is C24H28N4O5. The number of amides is 2. The lowest BCUT2D eigenvalue weighted by molar-refractivity contribution is -0.116. The van der Waals surface area contributed by atoms with Crippen LogP contribution in [0.1, 0.15) is 42.9 Å². The molecule has 0 bridgehead atoms. The number of methoxy groups -OCH3 is 2. The van der Waals surface area contributed by atoms with Gasteiger partial charge in [-0.2, -0.15) is 4.98 Å². The van der Waals surface area contributed by atoms with Crippen LogP contribution < -0.4 is 20.1 Å². The van der Waals surface area contributed by atoms with Gasteiger partial charge in [0.15, 0.2) is 11.5 Å². The van der Waals surface area contributed by atoms with Gasteiger partial charge in [-0.05, 0) is 43.7 Å². The van der Waals surface area contributed by atoms with E-state index in [9.17, 15) is 9.59 Å². The highest BCUT2D eigenvalue weighted by Gasteiger charge is 2.16. The Morgan fingerprint density at radius 3 is 2.58 bits per heavy atom. The van der Waals surface area contributed by atoms with E-state index in [4.69, 9.17) is 14.0 Å². The fraction of sp³-hybridized carbons (Fsp3) is 0.333.